The number of carbonyl (C=O) groups is 2. The molecule has 0 fully saturated rings. The summed E-state index contributed by atoms with van der Waals surface area (Å²) in [6, 6.07) is 10.9. The van der Waals surface area contributed by atoms with Gasteiger partial charge in [-0.2, -0.15) is 0 Å². The highest BCUT2D eigenvalue weighted by Gasteiger charge is 2.36. The van der Waals surface area contributed by atoms with Gasteiger partial charge in [0.1, 0.15) is 6.00 Å². The second-order valence-electron chi connectivity index (χ2n) is 3.87. The number of alkyl halides is 1. The Hall–Kier alpha value is -1.87. The summed E-state index contributed by atoms with van der Waals surface area (Å²) < 4.78 is 0. The van der Waals surface area contributed by atoms with E-state index in [1.54, 1.807) is 6.07 Å². The van der Waals surface area contributed by atoms with E-state index in [0.717, 1.165) is 15.7 Å². The minimum Gasteiger partial charge on any atom is -0.269 e. The van der Waals surface area contributed by atoms with Crippen LogP contribution >= 0.6 is 11.6 Å². The lowest BCUT2D eigenvalue weighted by Gasteiger charge is -2.07. The molecule has 3 rings (SSSR count). The van der Waals surface area contributed by atoms with E-state index in [4.69, 9.17) is 11.6 Å². The predicted octanol–water partition coefficient (Wildman–Crippen LogP) is 2.63. The molecule has 84 valence electrons. The van der Waals surface area contributed by atoms with Crippen LogP contribution in [-0.2, 0) is 0 Å². The lowest BCUT2D eigenvalue weighted by molar-refractivity contribution is 0.0682. The summed E-state index contributed by atoms with van der Waals surface area (Å²) in [5.74, 6) is -0.623. The van der Waals surface area contributed by atoms with Crippen molar-refractivity contribution in [1.29, 1.82) is 0 Å². The summed E-state index contributed by atoms with van der Waals surface area (Å²) in [5.41, 5.74) is 0.906. The van der Waals surface area contributed by atoms with E-state index in [2.05, 4.69) is 0 Å². The fraction of sp³-hybridized carbons (Fsp3) is 0.0769. The Labute approximate surface area is 103 Å². The van der Waals surface area contributed by atoms with Gasteiger partial charge in [-0.05, 0) is 16.8 Å². The minimum atomic E-state index is -0.314. The number of halogens is 1. The topological polar surface area (TPSA) is 37.4 Å². The van der Waals surface area contributed by atoms with Crippen molar-refractivity contribution >= 4 is 34.2 Å². The van der Waals surface area contributed by atoms with Crippen molar-refractivity contribution in [3.05, 3.63) is 47.5 Å². The van der Waals surface area contributed by atoms with Crippen LogP contribution in [0, 0.1) is 0 Å². The molecular formula is C13H8ClNO2. The van der Waals surface area contributed by atoms with Crippen LogP contribution in [0.15, 0.2) is 36.4 Å². The molecular weight excluding hydrogens is 238 g/mol. The van der Waals surface area contributed by atoms with E-state index in [1.165, 1.54) is 0 Å². The third kappa shape index (κ3) is 1.29. The monoisotopic (exact) mass is 245 g/mol. The first kappa shape index (κ1) is 10.3. The number of rotatable bonds is 1. The average molecular weight is 246 g/mol. The maximum absolute atomic E-state index is 12.1. The highest BCUT2D eigenvalue weighted by Crippen LogP contribution is 2.30. The standard InChI is InChI=1S/C13H8ClNO2/c14-7-15-12(16)10-6-5-8-3-1-2-4-9(8)11(10)13(15)17/h1-6H,7H2. The molecule has 1 aliphatic heterocycles. The zero-order chi connectivity index (χ0) is 12.0. The smallest absolute Gasteiger partial charge is 0.263 e. The number of hydrogen-bond donors (Lipinski definition) is 0. The van der Waals surface area contributed by atoms with Crippen LogP contribution in [0.3, 0.4) is 0 Å². The molecule has 0 atom stereocenters. The zero-order valence-electron chi connectivity index (χ0n) is 8.81. The van der Waals surface area contributed by atoms with Gasteiger partial charge in [0, 0.05) is 0 Å². The average Bonchev–Trinajstić information content (AvgIpc) is 2.61. The lowest BCUT2D eigenvalue weighted by atomic mass is 10.0. The van der Waals surface area contributed by atoms with E-state index in [0.29, 0.717) is 11.1 Å². The van der Waals surface area contributed by atoms with Crippen molar-refractivity contribution in [1.82, 2.24) is 4.90 Å². The van der Waals surface area contributed by atoms with Crippen molar-refractivity contribution in [2.45, 2.75) is 0 Å². The molecule has 2 aromatic carbocycles. The van der Waals surface area contributed by atoms with Crippen LogP contribution in [0.4, 0.5) is 0 Å². The van der Waals surface area contributed by atoms with E-state index in [-0.39, 0.29) is 17.8 Å². The van der Waals surface area contributed by atoms with Gasteiger partial charge in [0.05, 0.1) is 11.1 Å². The van der Waals surface area contributed by atoms with Crippen LogP contribution in [0.1, 0.15) is 20.7 Å². The molecule has 0 aromatic heterocycles. The first-order valence-corrected chi connectivity index (χ1v) is 5.71. The second kappa shape index (κ2) is 3.57. The number of fused-ring (bicyclic) bond motifs is 3. The molecule has 0 unspecified atom stereocenters. The summed E-state index contributed by atoms with van der Waals surface area (Å²) in [7, 11) is 0. The van der Waals surface area contributed by atoms with E-state index in [1.807, 2.05) is 30.3 Å². The summed E-state index contributed by atoms with van der Waals surface area (Å²) in [4.78, 5) is 25.0. The van der Waals surface area contributed by atoms with Crippen molar-refractivity contribution in [3.8, 4) is 0 Å². The van der Waals surface area contributed by atoms with Gasteiger partial charge in [-0.15, -0.1) is 11.6 Å². The molecule has 0 radical (unpaired) electrons. The molecule has 1 aliphatic rings. The quantitative estimate of drug-likeness (QED) is 0.440. The molecule has 3 nitrogen and oxygen atoms in total. The van der Waals surface area contributed by atoms with Crippen molar-refractivity contribution in [2.75, 3.05) is 6.00 Å². The number of nitrogens with zero attached hydrogens (tertiary/aromatic N) is 1. The Morgan fingerprint density at radius 1 is 1.00 bits per heavy atom. The Morgan fingerprint density at radius 2 is 1.76 bits per heavy atom. The molecule has 0 saturated heterocycles. The third-order valence-corrected chi connectivity index (χ3v) is 3.22. The summed E-state index contributed by atoms with van der Waals surface area (Å²) in [6.07, 6.45) is 0. The third-order valence-electron chi connectivity index (χ3n) is 2.98. The van der Waals surface area contributed by atoms with Gasteiger partial charge >= 0.3 is 0 Å². The van der Waals surface area contributed by atoms with Gasteiger partial charge in [-0.25, -0.2) is 0 Å². The van der Waals surface area contributed by atoms with Gasteiger partial charge in [0.25, 0.3) is 11.8 Å². The van der Waals surface area contributed by atoms with E-state index < -0.39 is 0 Å². The number of amides is 2. The first-order chi connectivity index (χ1) is 8.24. The maximum atomic E-state index is 12.1. The molecule has 2 aromatic rings. The molecule has 0 aliphatic carbocycles. The van der Waals surface area contributed by atoms with Crippen LogP contribution in [0.2, 0.25) is 0 Å². The second-order valence-corrected chi connectivity index (χ2v) is 4.11. The van der Waals surface area contributed by atoms with Crippen LogP contribution in [0.5, 0.6) is 0 Å². The number of imide groups is 1. The Morgan fingerprint density at radius 3 is 2.53 bits per heavy atom. The van der Waals surface area contributed by atoms with Gasteiger partial charge in [0.2, 0.25) is 0 Å². The molecule has 0 N–H and O–H groups in total. The fourth-order valence-corrected chi connectivity index (χ4v) is 2.38. The zero-order valence-corrected chi connectivity index (χ0v) is 9.57. The van der Waals surface area contributed by atoms with E-state index >= 15 is 0 Å². The van der Waals surface area contributed by atoms with Gasteiger partial charge < -0.3 is 0 Å². The van der Waals surface area contributed by atoms with Gasteiger partial charge in [-0.3, -0.25) is 14.5 Å². The minimum absolute atomic E-state index is 0.110. The molecule has 1 heterocycles. The van der Waals surface area contributed by atoms with Crippen LogP contribution < -0.4 is 0 Å². The number of carbonyl (C=O) groups excluding carboxylic acids is 2. The SMILES string of the molecule is O=C1c2ccc3ccccc3c2C(=O)N1CCl. The fourth-order valence-electron chi connectivity index (χ4n) is 2.16. The highest BCUT2D eigenvalue weighted by atomic mass is 35.5. The normalized spacial score (nSPS) is 14.5. The van der Waals surface area contributed by atoms with Crippen LogP contribution in [0.25, 0.3) is 10.8 Å². The molecule has 17 heavy (non-hydrogen) atoms. The summed E-state index contributed by atoms with van der Waals surface area (Å²) >= 11 is 5.62. The van der Waals surface area contributed by atoms with Crippen LogP contribution in [-0.4, -0.2) is 22.7 Å². The number of benzene rings is 2. The molecule has 0 saturated carbocycles. The lowest BCUT2D eigenvalue weighted by Crippen LogP contribution is -2.28. The summed E-state index contributed by atoms with van der Waals surface area (Å²) in [5, 5.41) is 1.75. The van der Waals surface area contributed by atoms with E-state index in [9.17, 15) is 9.59 Å². The largest absolute Gasteiger partial charge is 0.269 e. The number of hydrogen-bond acceptors (Lipinski definition) is 2. The van der Waals surface area contributed by atoms with Crippen molar-refractivity contribution in [3.63, 3.8) is 0 Å². The molecule has 0 spiro atoms. The molecule has 0 bridgehead atoms. The van der Waals surface area contributed by atoms with Crippen molar-refractivity contribution in [2.24, 2.45) is 0 Å². The summed E-state index contributed by atoms with van der Waals surface area (Å²) in [6.45, 7) is 0. The maximum Gasteiger partial charge on any atom is 0.263 e. The predicted molar refractivity (Wildman–Crippen MR) is 65.2 cm³/mol. The van der Waals surface area contributed by atoms with Gasteiger partial charge in [0.15, 0.2) is 0 Å². The Balaban J connectivity index is 2.37. The molecule has 2 amide bonds. The molecule has 4 heteroatoms. The van der Waals surface area contributed by atoms with Gasteiger partial charge in [-0.1, -0.05) is 30.3 Å². The first-order valence-electron chi connectivity index (χ1n) is 5.18. The Kier molecular flexibility index (Phi) is 2.16. The highest BCUT2D eigenvalue weighted by molar-refractivity contribution is 6.30. The Bertz CT molecular complexity index is 651. The van der Waals surface area contributed by atoms with Crippen molar-refractivity contribution < 1.29 is 9.59 Å².